The smallest absolute Gasteiger partial charge is 0.306 e. The molecule has 29 heavy (non-hydrogen) atoms. The second kappa shape index (κ2) is 9.96. The molecule has 1 fully saturated rings. The topological polar surface area (TPSA) is 99.2 Å². The molecule has 2 rings (SSSR count). The summed E-state index contributed by atoms with van der Waals surface area (Å²) < 4.78 is 39.1. The van der Waals surface area contributed by atoms with Gasteiger partial charge in [-0.1, -0.05) is 6.07 Å². The maximum Gasteiger partial charge on any atom is 0.306 e. The summed E-state index contributed by atoms with van der Waals surface area (Å²) in [7, 11) is -0.0144. The van der Waals surface area contributed by atoms with Gasteiger partial charge in [-0.05, 0) is 44.4 Å². The molecule has 1 amide bonds. The number of carbonyl (C=O) groups is 2. The minimum Gasteiger partial charge on any atom is -0.493 e. The summed E-state index contributed by atoms with van der Waals surface area (Å²) in [5.41, 5.74) is 0.880. The van der Waals surface area contributed by atoms with Gasteiger partial charge in [0, 0.05) is 19.0 Å². The van der Waals surface area contributed by atoms with E-state index in [0.29, 0.717) is 30.9 Å². The Kier molecular flexibility index (Phi) is 7.89. The molecule has 1 aromatic carbocycles. The Bertz CT molecular complexity index is 837. The van der Waals surface area contributed by atoms with Gasteiger partial charge in [-0.2, -0.15) is 0 Å². The van der Waals surface area contributed by atoms with Crippen LogP contribution in [0.2, 0.25) is 0 Å². The maximum atomic E-state index is 12.7. The lowest BCUT2D eigenvalue weighted by atomic mass is 10.1. The molecular weight excluding hydrogens is 398 g/mol. The van der Waals surface area contributed by atoms with Crippen molar-refractivity contribution in [2.24, 2.45) is 0 Å². The number of likely N-dealkylation sites (N-methyl/N-ethyl adjacent to an activating group) is 1. The van der Waals surface area contributed by atoms with Gasteiger partial charge in [0.25, 0.3) is 5.91 Å². The molecule has 0 N–H and O–H groups in total. The summed E-state index contributed by atoms with van der Waals surface area (Å²) in [6.45, 7) is 3.67. The lowest BCUT2D eigenvalue weighted by molar-refractivity contribution is -0.159. The van der Waals surface area contributed by atoms with Crippen molar-refractivity contribution >= 4 is 21.7 Å². The van der Waals surface area contributed by atoms with Gasteiger partial charge in [0.1, 0.15) is 0 Å². The molecule has 1 aliphatic heterocycles. The quantitative estimate of drug-likeness (QED) is 0.552. The summed E-state index contributed by atoms with van der Waals surface area (Å²) in [5.74, 6) is 0.372. The highest BCUT2D eigenvalue weighted by Gasteiger charge is 2.36. The number of aryl methyl sites for hydroxylation is 1. The van der Waals surface area contributed by atoms with E-state index < -0.39 is 21.9 Å². The Labute approximate surface area is 172 Å². The number of hydrogen-bond donors (Lipinski definition) is 0. The van der Waals surface area contributed by atoms with Crippen molar-refractivity contribution in [1.29, 1.82) is 0 Å². The SMILES string of the molecule is CCN(C(=O)[C@H](C)OC(=O)CCc1ccc(OC)c(OC)c1)[C@H]1CCS(=O)(=O)C1. The third-order valence-electron chi connectivity index (χ3n) is 4.99. The van der Waals surface area contributed by atoms with E-state index >= 15 is 0 Å². The molecule has 1 aromatic rings. The second-order valence-electron chi connectivity index (χ2n) is 7.00. The predicted octanol–water partition coefficient (Wildman–Crippen LogP) is 1.60. The van der Waals surface area contributed by atoms with E-state index in [2.05, 4.69) is 0 Å². The van der Waals surface area contributed by atoms with E-state index in [1.54, 1.807) is 26.2 Å². The van der Waals surface area contributed by atoms with E-state index in [4.69, 9.17) is 14.2 Å². The number of sulfone groups is 1. The van der Waals surface area contributed by atoms with Crippen LogP contribution in [0, 0.1) is 0 Å². The molecule has 0 radical (unpaired) electrons. The average molecular weight is 428 g/mol. The van der Waals surface area contributed by atoms with Gasteiger partial charge in [-0.25, -0.2) is 8.42 Å². The van der Waals surface area contributed by atoms with Crippen molar-refractivity contribution in [3.8, 4) is 11.5 Å². The zero-order valence-electron chi connectivity index (χ0n) is 17.3. The first-order valence-corrected chi connectivity index (χ1v) is 11.4. The number of amides is 1. The lowest BCUT2D eigenvalue weighted by Gasteiger charge is -2.29. The van der Waals surface area contributed by atoms with Crippen LogP contribution in [-0.2, 0) is 30.6 Å². The molecule has 0 spiro atoms. The van der Waals surface area contributed by atoms with Crippen LogP contribution < -0.4 is 9.47 Å². The highest BCUT2D eigenvalue weighted by Crippen LogP contribution is 2.28. The Balaban J connectivity index is 1.90. The number of methoxy groups -OCH3 is 2. The van der Waals surface area contributed by atoms with E-state index in [-0.39, 0.29) is 29.9 Å². The fraction of sp³-hybridized carbons (Fsp3) is 0.600. The molecule has 0 aliphatic carbocycles. The monoisotopic (exact) mass is 427 g/mol. The molecule has 0 aromatic heterocycles. The van der Waals surface area contributed by atoms with Crippen LogP contribution in [0.5, 0.6) is 11.5 Å². The minimum atomic E-state index is -3.10. The number of benzene rings is 1. The van der Waals surface area contributed by atoms with Crippen LogP contribution in [-0.4, -0.2) is 69.6 Å². The first-order valence-electron chi connectivity index (χ1n) is 9.62. The van der Waals surface area contributed by atoms with E-state index in [9.17, 15) is 18.0 Å². The highest BCUT2D eigenvalue weighted by atomic mass is 32.2. The fourth-order valence-corrected chi connectivity index (χ4v) is 5.17. The van der Waals surface area contributed by atoms with Crippen molar-refractivity contribution < 1.29 is 32.2 Å². The molecule has 0 saturated carbocycles. The first-order chi connectivity index (χ1) is 13.7. The van der Waals surface area contributed by atoms with Crippen LogP contribution in [0.3, 0.4) is 0 Å². The average Bonchev–Trinajstić information content (AvgIpc) is 3.05. The largest absolute Gasteiger partial charge is 0.493 e. The molecule has 2 atom stereocenters. The number of hydrogen-bond acceptors (Lipinski definition) is 7. The van der Waals surface area contributed by atoms with E-state index in [1.165, 1.54) is 18.9 Å². The van der Waals surface area contributed by atoms with Gasteiger partial charge in [0.05, 0.1) is 25.7 Å². The number of ether oxygens (including phenoxy) is 3. The van der Waals surface area contributed by atoms with Gasteiger partial charge < -0.3 is 19.1 Å². The number of carbonyl (C=O) groups excluding carboxylic acids is 2. The Morgan fingerprint density at radius 3 is 2.45 bits per heavy atom. The van der Waals surface area contributed by atoms with Crippen molar-refractivity contribution in [3.05, 3.63) is 23.8 Å². The second-order valence-corrected chi connectivity index (χ2v) is 9.23. The van der Waals surface area contributed by atoms with Gasteiger partial charge in [-0.15, -0.1) is 0 Å². The van der Waals surface area contributed by atoms with Crippen LogP contribution in [0.1, 0.15) is 32.3 Å². The molecular formula is C20H29NO7S. The number of rotatable bonds is 9. The summed E-state index contributed by atoms with van der Waals surface area (Å²) >= 11 is 0. The summed E-state index contributed by atoms with van der Waals surface area (Å²) in [5, 5.41) is 0. The number of esters is 1. The van der Waals surface area contributed by atoms with Crippen molar-refractivity contribution in [2.75, 3.05) is 32.3 Å². The maximum absolute atomic E-state index is 12.7. The van der Waals surface area contributed by atoms with Crippen molar-refractivity contribution in [1.82, 2.24) is 4.90 Å². The molecule has 9 heteroatoms. The zero-order valence-corrected chi connectivity index (χ0v) is 18.2. The van der Waals surface area contributed by atoms with E-state index in [0.717, 1.165) is 5.56 Å². The van der Waals surface area contributed by atoms with E-state index in [1.807, 2.05) is 6.07 Å². The first kappa shape index (κ1) is 23.0. The van der Waals surface area contributed by atoms with Crippen LogP contribution in [0.4, 0.5) is 0 Å². The molecule has 162 valence electrons. The number of nitrogens with zero attached hydrogens (tertiary/aromatic N) is 1. The summed E-state index contributed by atoms with van der Waals surface area (Å²) in [6.07, 6.45) is -0.00616. The third kappa shape index (κ3) is 6.09. The Morgan fingerprint density at radius 2 is 1.90 bits per heavy atom. The van der Waals surface area contributed by atoms with Crippen molar-refractivity contribution in [3.63, 3.8) is 0 Å². The predicted molar refractivity (Wildman–Crippen MR) is 108 cm³/mol. The molecule has 1 aliphatic rings. The van der Waals surface area contributed by atoms with Crippen LogP contribution >= 0.6 is 0 Å². The zero-order chi connectivity index (χ0) is 21.6. The standard InChI is InChI=1S/C20H29NO7S/c1-5-21(16-10-11-29(24,25)13-16)20(23)14(2)28-19(22)9-7-15-6-8-17(26-3)18(12-15)27-4/h6,8,12,14,16H,5,7,9-11,13H2,1-4H3/t14-,16-/m0/s1. The van der Waals surface area contributed by atoms with Crippen LogP contribution in [0.15, 0.2) is 18.2 Å². The van der Waals surface area contributed by atoms with Crippen molar-refractivity contribution in [2.45, 2.75) is 45.3 Å². The fourth-order valence-electron chi connectivity index (χ4n) is 3.44. The van der Waals surface area contributed by atoms with Crippen LogP contribution in [0.25, 0.3) is 0 Å². The summed E-state index contributed by atoms with van der Waals surface area (Å²) in [4.78, 5) is 26.4. The summed E-state index contributed by atoms with van der Waals surface area (Å²) in [6, 6.07) is 5.04. The Morgan fingerprint density at radius 1 is 1.21 bits per heavy atom. The van der Waals surface area contributed by atoms with Gasteiger partial charge >= 0.3 is 5.97 Å². The molecule has 0 bridgehead atoms. The molecule has 0 unspecified atom stereocenters. The highest BCUT2D eigenvalue weighted by molar-refractivity contribution is 7.91. The van der Waals surface area contributed by atoms with Gasteiger partial charge in [0.15, 0.2) is 27.4 Å². The third-order valence-corrected chi connectivity index (χ3v) is 6.75. The minimum absolute atomic E-state index is 0.0352. The molecule has 8 nitrogen and oxygen atoms in total. The molecule has 1 saturated heterocycles. The van der Waals surface area contributed by atoms with Gasteiger partial charge in [-0.3, -0.25) is 9.59 Å². The van der Waals surface area contributed by atoms with Gasteiger partial charge in [0.2, 0.25) is 0 Å². The Hall–Kier alpha value is -2.29. The molecule has 1 heterocycles. The normalized spacial score (nSPS) is 18.7. The lowest BCUT2D eigenvalue weighted by Crippen LogP contribution is -2.46.